The van der Waals surface area contributed by atoms with Crippen molar-refractivity contribution in [3.05, 3.63) is 53.0 Å². The molecule has 0 bridgehead atoms. The minimum Gasteiger partial charge on any atom is -0.493 e. The van der Waals surface area contributed by atoms with E-state index in [0.717, 1.165) is 43.7 Å². The highest BCUT2D eigenvalue weighted by molar-refractivity contribution is 8.00. The number of fused-ring (bicyclic) bond motifs is 1. The molecule has 0 radical (unpaired) electrons. The van der Waals surface area contributed by atoms with Crippen LogP contribution in [0.25, 0.3) is 0 Å². The first-order valence-corrected chi connectivity index (χ1v) is 10.1. The Morgan fingerprint density at radius 3 is 2.70 bits per heavy atom. The van der Waals surface area contributed by atoms with Gasteiger partial charge in [-0.2, -0.15) is 0 Å². The van der Waals surface area contributed by atoms with Crippen molar-refractivity contribution < 1.29 is 18.9 Å². The van der Waals surface area contributed by atoms with Gasteiger partial charge in [0.15, 0.2) is 38.4 Å². The highest BCUT2D eigenvalue weighted by Crippen LogP contribution is 2.38. The number of hydrogen-bond acceptors (Lipinski definition) is 8. The molecule has 27 heavy (non-hydrogen) atoms. The first kappa shape index (κ1) is 17.9. The number of benzene rings is 2. The van der Waals surface area contributed by atoms with Crippen molar-refractivity contribution in [3.8, 4) is 23.0 Å². The maximum absolute atomic E-state index is 5.99. The molecule has 1 unspecified atom stereocenters. The van der Waals surface area contributed by atoms with Crippen LogP contribution < -0.4 is 18.9 Å². The van der Waals surface area contributed by atoms with Gasteiger partial charge in [-0.25, -0.2) is 0 Å². The molecule has 1 aromatic heterocycles. The second-order valence-electron chi connectivity index (χ2n) is 5.75. The highest BCUT2D eigenvalue weighted by atomic mass is 32.2. The van der Waals surface area contributed by atoms with Crippen molar-refractivity contribution in [1.82, 2.24) is 10.2 Å². The van der Waals surface area contributed by atoms with Gasteiger partial charge >= 0.3 is 0 Å². The molecule has 0 amide bonds. The van der Waals surface area contributed by atoms with Crippen molar-refractivity contribution in [2.24, 2.45) is 0 Å². The molecule has 6 nitrogen and oxygen atoms in total. The van der Waals surface area contributed by atoms with Crippen LogP contribution >= 0.6 is 23.1 Å². The Balaban J connectivity index is 1.40. The van der Waals surface area contributed by atoms with Crippen molar-refractivity contribution >= 4 is 23.1 Å². The standard InChI is InChI=1S/C19H18N2O4S2/c1-22-13-8-7-12(9-16(13)23-2)11-26-19-21-20-18(27-19)17-10-24-14-5-3-4-6-15(14)25-17/h3-9,17H,10-11H2,1-2H3. The van der Waals surface area contributed by atoms with Crippen molar-refractivity contribution in [2.45, 2.75) is 16.2 Å². The van der Waals surface area contributed by atoms with Gasteiger partial charge in [0.2, 0.25) is 0 Å². The fraction of sp³-hybridized carbons (Fsp3) is 0.263. The van der Waals surface area contributed by atoms with Crippen LogP contribution in [0.1, 0.15) is 16.7 Å². The molecule has 4 rings (SSSR count). The zero-order chi connectivity index (χ0) is 18.6. The maximum atomic E-state index is 5.99. The molecular formula is C19H18N2O4S2. The van der Waals surface area contributed by atoms with E-state index in [1.165, 1.54) is 11.3 Å². The molecule has 1 aliphatic heterocycles. The predicted molar refractivity (Wildman–Crippen MR) is 104 cm³/mol. The SMILES string of the molecule is COc1ccc(CSc2nnc(C3COc4ccccc4O3)s2)cc1OC. The minimum atomic E-state index is -0.229. The van der Waals surface area contributed by atoms with E-state index >= 15 is 0 Å². The number of ether oxygens (including phenoxy) is 4. The smallest absolute Gasteiger partial charge is 0.186 e. The van der Waals surface area contributed by atoms with Crippen LogP contribution in [0.5, 0.6) is 23.0 Å². The van der Waals surface area contributed by atoms with Gasteiger partial charge in [-0.1, -0.05) is 41.3 Å². The lowest BCUT2D eigenvalue weighted by Gasteiger charge is -2.24. The minimum absolute atomic E-state index is 0.229. The van der Waals surface area contributed by atoms with Gasteiger partial charge in [0.1, 0.15) is 6.61 Å². The van der Waals surface area contributed by atoms with E-state index in [2.05, 4.69) is 10.2 Å². The highest BCUT2D eigenvalue weighted by Gasteiger charge is 2.25. The summed E-state index contributed by atoms with van der Waals surface area (Å²) in [7, 11) is 3.26. The summed E-state index contributed by atoms with van der Waals surface area (Å²) in [5.41, 5.74) is 1.13. The summed E-state index contributed by atoms with van der Waals surface area (Å²) < 4.78 is 23.3. The summed E-state index contributed by atoms with van der Waals surface area (Å²) in [6.07, 6.45) is -0.229. The molecule has 1 aliphatic rings. The number of rotatable bonds is 6. The molecule has 0 aliphatic carbocycles. The zero-order valence-corrected chi connectivity index (χ0v) is 16.5. The Labute approximate surface area is 165 Å². The first-order chi connectivity index (χ1) is 13.3. The van der Waals surface area contributed by atoms with Gasteiger partial charge in [-0.15, -0.1) is 10.2 Å². The number of thioether (sulfide) groups is 1. The molecule has 0 fully saturated rings. The quantitative estimate of drug-likeness (QED) is 0.568. The van der Waals surface area contributed by atoms with Crippen LogP contribution in [0.15, 0.2) is 46.8 Å². The fourth-order valence-electron chi connectivity index (χ4n) is 2.67. The topological polar surface area (TPSA) is 62.7 Å². The van der Waals surface area contributed by atoms with Gasteiger partial charge in [0, 0.05) is 5.75 Å². The molecule has 8 heteroatoms. The van der Waals surface area contributed by atoms with Crippen LogP contribution in [0.3, 0.4) is 0 Å². The lowest BCUT2D eigenvalue weighted by atomic mass is 10.2. The number of nitrogens with zero attached hydrogens (tertiary/aromatic N) is 2. The summed E-state index contributed by atoms with van der Waals surface area (Å²) in [6.45, 7) is 0.437. The van der Waals surface area contributed by atoms with E-state index < -0.39 is 0 Å². The first-order valence-electron chi connectivity index (χ1n) is 8.32. The van der Waals surface area contributed by atoms with E-state index in [4.69, 9.17) is 18.9 Å². The van der Waals surface area contributed by atoms with Crippen molar-refractivity contribution in [1.29, 1.82) is 0 Å². The third-order valence-electron chi connectivity index (χ3n) is 4.02. The van der Waals surface area contributed by atoms with Crippen LogP contribution in [-0.4, -0.2) is 31.0 Å². The normalized spacial score (nSPS) is 15.4. The molecule has 0 spiro atoms. The summed E-state index contributed by atoms with van der Waals surface area (Å²) in [6, 6.07) is 13.6. The third kappa shape index (κ3) is 3.96. The molecule has 140 valence electrons. The molecule has 1 atom stereocenters. The second-order valence-corrected chi connectivity index (χ2v) is 7.98. The zero-order valence-electron chi connectivity index (χ0n) is 14.9. The average Bonchev–Trinajstić information content (AvgIpc) is 3.20. The molecular weight excluding hydrogens is 384 g/mol. The molecule has 2 aromatic carbocycles. The Hall–Kier alpha value is -2.45. The number of methoxy groups -OCH3 is 2. The Bertz CT molecular complexity index is 932. The van der Waals surface area contributed by atoms with Crippen molar-refractivity contribution in [3.63, 3.8) is 0 Å². The van der Waals surface area contributed by atoms with Gasteiger partial charge in [0.05, 0.1) is 14.2 Å². The summed E-state index contributed by atoms with van der Waals surface area (Å²) in [5, 5.41) is 9.38. The molecule has 0 N–H and O–H groups in total. The molecule has 0 saturated heterocycles. The summed E-state index contributed by atoms with van der Waals surface area (Å²) in [4.78, 5) is 0. The van der Waals surface area contributed by atoms with E-state index in [0.29, 0.717) is 6.61 Å². The van der Waals surface area contributed by atoms with E-state index in [1.807, 2.05) is 42.5 Å². The van der Waals surface area contributed by atoms with Crippen LogP contribution in [0, 0.1) is 0 Å². The van der Waals surface area contributed by atoms with Crippen molar-refractivity contribution in [2.75, 3.05) is 20.8 Å². The van der Waals surface area contributed by atoms with E-state index in [9.17, 15) is 0 Å². The number of hydrogen-bond donors (Lipinski definition) is 0. The number of para-hydroxylation sites is 2. The lowest BCUT2D eigenvalue weighted by Crippen LogP contribution is -2.21. The number of aromatic nitrogens is 2. The molecule has 3 aromatic rings. The van der Waals surface area contributed by atoms with E-state index in [-0.39, 0.29) is 6.10 Å². The molecule has 0 saturated carbocycles. The van der Waals surface area contributed by atoms with Gasteiger partial charge in [-0.05, 0) is 29.8 Å². The second kappa shape index (κ2) is 8.06. The maximum Gasteiger partial charge on any atom is 0.186 e. The Kier molecular flexibility index (Phi) is 5.35. The summed E-state index contributed by atoms with van der Waals surface area (Å²) in [5.74, 6) is 3.71. The largest absolute Gasteiger partial charge is 0.493 e. The van der Waals surface area contributed by atoms with Crippen LogP contribution in [0.2, 0.25) is 0 Å². The predicted octanol–water partition coefficient (Wildman–Crippen LogP) is 4.36. The lowest BCUT2D eigenvalue weighted by molar-refractivity contribution is 0.0906. The monoisotopic (exact) mass is 402 g/mol. The average molecular weight is 402 g/mol. The third-order valence-corrected chi connectivity index (χ3v) is 6.24. The molecule has 2 heterocycles. The Morgan fingerprint density at radius 2 is 1.89 bits per heavy atom. The Morgan fingerprint density at radius 1 is 1.07 bits per heavy atom. The van der Waals surface area contributed by atoms with Crippen LogP contribution in [-0.2, 0) is 5.75 Å². The van der Waals surface area contributed by atoms with Gasteiger partial charge in [0.25, 0.3) is 0 Å². The van der Waals surface area contributed by atoms with E-state index in [1.54, 1.807) is 26.0 Å². The van der Waals surface area contributed by atoms with Gasteiger partial charge in [-0.3, -0.25) is 0 Å². The van der Waals surface area contributed by atoms with Crippen LogP contribution in [0.4, 0.5) is 0 Å². The van der Waals surface area contributed by atoms with Gasteiger partial charge < -0.3 is 18.9 Å². The fourth-order valence-corrected chi connectivity index (χ4v) is 4.49. The summed E-state index contributed by atoms with van der Waals surface area (Å²) >= 11 is 3.16.